The Hall–Kier alpha value is -1.22. The Bertz CT molecular complexity index is 546. The lowest BCUT2D eigenvalue weighted by Crippen LogP contribution is -2.45. The molecule has 0 radical (unpaired) electrons. The van der Waals surface area contributed by atoms with Gasteiger partial charge >= 0.3 is 0 Å². The molecule has 7 heteroatoms. The smallest absolute Gasteiger partial charge is 0.191 e. The van der Waals surface area contributed by atoms with Crippen molar-refractivity contribution in [1.82, 2.24) is 16.0 Å². The number of rotatable bonds is 6. The van der Waals surface area contributed by atoms with Crippen molar-refractivity contribution >= 4 is 29.9 Å². The molecule has 1 aliphatic heterocycles. The van der Waals surface area contributed by atoms with E-state index in [0.29, 0.717) is 13.2 Å². The van der Waals surface area contributed by atoms with Gasteiger partial charge in [-0.1, -0.05) is 12.1 Å². The zero-order chi connectivity index (χ0) is 17.4. The van der Waals surface area contributed by atoms with Crippen LogP contribution in [0.1, 0.15) is 27.7 Å². The van der Waals surface area contributed by atoms with Gasteiger partial charge < -0.3 is 25.4 Å². The van der Waals surface area contributed by atoms with Gasteiger partial charge in [0.1, 0.15) is 6.61 Å². The van der Waals surface area contributed by atoms with E-state index in [1.54, 1.807) is 0 Å². The van der Waals surface area contributed by atoms with E-state index in [-0.39, 0.29) is 35.6 Å². The third kappa shape index (κ3) is 8.13. The van der Waals surface area contributed by atoms with Crippen molar-refractivity contribution in [2.45, 2.75) is 39.3 Å². The molecule has 0 saturated carbocycles. The normalized spacial score (nSPS) is 16.8. The Balaban J connectivity index is 0.00000312. The van der Waals surface area contributed by atoms with Crippen LogP contribution >= 0.6 is 24.0 Å². The number of halogens is 1. The molecule has 1 heterocycles. The van der Waals surface area contributed by atoms with Gasteiger partial charge in [0.05, 0.1) is 6.54 Å². The van der Waals surface area contributed by atoms with Crippen LogP contribution in [0.2, 0.25) is 0 Å². The van der Waals surface area contributed by atoms with E-state index in [1.165, 1.54) is 0 Å². The molecule has 1 atom stereocenters. The first-order valence-corrected chi connectivity index (χ1v) is 8.63. The molecule has 3 N–H and O–H groups in total. The minimum Gasteiger partial charge on any atom is -0.486 e. The molecule has 1 unspecified atom stereocenters. The van der Waals surface area contributed by atoms with Crippen molar-refractivity contribution in [3.05, 3.63) is 24.3 Å². The van der Waals surface area contributed by atoms with Crippen LogP contribution in [0.4, 0.5) is 0 Å². The van der Waals surface area contributed by atoms with Gasteiger partial charge in [-0.2, -0.15) is 0 Å². The van der Waals surface area contributed by atoms with Crippen LogP contribution in [0, 0.1) is 0 Å². The summed E-state index contributed by atoms with van der Waals surface area (Å²) < 4.78 is 11.7. The zero-order valence-electron chi connectivity index (χ0n) is 15.6. The van der Waals surface area contributed by atoms with Gasteiger partial charge in [-0.25, -0.2) is 4.99 Å². The number of hydrogen-bond donors (Lipinski definition) is 3. The Morgan fingerprint density at radius 2 is 1.88 bits per heavy atom. The Labute approximate surface area is 168 Å². The summed E-state index contributed by atoms with van der Waals surface area (Å²) in [5, 5.41) is 10.0. The van der Waals surface area contributed by atoms with Crippen LogP contribution in [0.25, 0.3) is 0 Å². The fourth-order valence-electron chi connectivity index (χ4n) is 2.31. The topological polar surface area (TPSA) is 66.9 Å². The summed E-state index contributed by atoms with van der Waals surface area (Å²) in [5.74, 6) is 2.39. The maximum Gasteiger partial charge on any atom is 0.191 e. The van der Waals surface area contributed by atoms with Gasteiger partial charge in [-0.05, 0) is 39.8 Å². The van der Waals surface area contributed by atoms with Crippen LogP contribution < -0.4 is 25.4 Å². The number of fused-ring (bicyclic) bond motifs is 1. The number of aliphatic imine (C=N–C) groups is 1. The van der Waals surface area contributed by atoms with Gasteiger partial charge in [0.15, 0.2) is 23.6 Å². The molecule has 0 amide bonds. The predicted molar refractivity (Wildman–Crippen MR) is 114 cm³/mol. The number of nitrogens with one attached hydrogen (secondary N) is 3. The standard InChI is InChI=1S/C18H30N4O2.HI/c1-5-19-17(20-10-11-22-18(2,3)4)21-12-14-13-23-15-8-6-7-9-16(15)24-14;/h6-9,14,22H,5,10-13H2,1-4H3,(H2,19,20,21);1H. The lowest BCUT2D eigenvalue weighted by Gasteiger charge is -2.25. The number of benzene rings is 1. The minimum absolute atomic E-state index is 0. The summed E-state index contributed by atoms with van der Waals surface area (Å²) in [5.41, 5.74) is 0.123. The first-order valence-electron chi connectivity index (χ1n) is 8.63. The number of hydrogen-bond acceptors (Lipinski definition) is 4. The van der Waals surface area contributed by atoms with E-state index in [2.05, 4.69) is 48.6 Å². The molecule has 0 bridgehead atoms. The average Bonchev–Trinajstić information content (AvgIpc) is 2.55. The van der Waals surface area contributed by atoms with E-state index >= 15 is 0 Å². The lowest BCUT2D eigenvalue weighted by molar-refractivity contribution is 0.0971. The third-order valence-corrected chi connectivity index (χ3v) is 3.44. The molecule has 2 rings (SSSR count). The van der Waals surface area contributed by atoms with Gasteiger partial charge in [0.25, 0.3) is 0 Å². The highest BCUT2D eigenvalue weighted by atomic mass is 127. The summed E-state index contributed by atoms with van der Waals surface area (Å²) in [6.45, 7) is 12.1. The lowest BCUT2D eigenvalue weighted by atomic mass is 10.1. The molecule has 0 saturated heterocycles. The largest absolute Gasteiger partial charge is 0.486 e. The molecule has 1 aromatic carbocycles. The van der Waals surface area contributed by atoms with Crippen molar-refractivity contribution in [2.75, 3.05) is 32.8 Å². The Morgan fingerprint density at radius 1 is 1.16 bits per heavy atom. The summed E-state index contributed by atoms with van der Waals surface area (Å²) >= 11 is 0. The number of para-hydroxylation sites is 2. The second-order valence-electron chi connectivity index (χ2n) is 6.82. The molecule has 6 nitrogen and oxygen atoms in total. The molecule has 1 aliphatic rings. The minimum atomic E-state index is -0.0666. The SMILES string of the molecule is CCNC(=NCC1COc2ccccc2O1)NCCNC(C)(C)C.I. The Morgan fingerprint density at radius 3 is 2.56 bits per heavy atom. The summed E-state index contributed by atoms with van der Waals surface area (Å²) in [6.07, 6.45) is -0.0666. The fourth-order valence-corrected chi connectivity index (χ4v) is 2.31. The van der Waals surface area contributed by atoms with E-state index < -0.39 is 0 Å². The summed E-state index contributed by atoms with van der Waals surface area (Å²) in [7, 11) is 0. The second kappa shape index (κ2) is 10.7. The van der Waals surface area contributed by atoms with Gasteiger partial charge in [0, 0.05) is 25.2 Å². The van der Waals surface area contributed by atoms with E-state index in [0.717, 1.165) is 37.1 Å². The zero-order valence-corrected chi connectivity index (χ0v) is 17.9. The van der Waals surface area contributed by atoms with Gasteiger partial charge in [0.2, 0.25) is 0 Å². The molecule has 142 valence electrons. The van der Waals surface area contributed by atoms with E-state index in [1.807, 2.05) is 24.3 Å². The van der Waals surface area contributed by atoms with Crippen LogP contribution in [-0.4, -0.2) is 50.4 Å². The first kappa shape index (κ1) is 21.8. The van der Waals surface area contributed by atoms with Crippen LogP contribution in [-0.2, 0) is 0 Å². The van der Waals surface area contributed by atoms with Crippen molar-refractivity contribution < 1.29 is 9.47 Å². The maximum absolute atomic E-state index is 5.93. The van der Waals surface area contributed by atoms with Crippen LogP contribution in [0.3, 0.4) is 0 Å². The number of nitrogens with zero attached hydrogens (tertiary/aromatic N) is 1. The Kier molecular flexibility index (Phi) is 9.34. The molecular weight excluding hydrogens is 431 g/mol. The number of ether oxygens (including phenoxy) is 2. The predicted octanol–water partition coefficient (Wildman–Crippen LogP) is 2.39. The third-order valence-electron chi connectivity index (χ3n) is 3.44. The second-order valence-corrected chi connectivity index (χ2v) is 6.82. The highest BCUT2D eigenvalue weighted by molar-refractivity contribution is 14.0. The molecule has 0 aromatic heterocycles. The van der Waals surface area contributed by atoms with Crippen LogP contribution in [0.15, 0.2) is 29.3 Å². The monoisotopic (exact) mass is 462 g/mol. The summed E-state index contributed by atoms with van der Waals surface area (Å²) in [4.78, 5) is 4.61. The van der Waals surface area contributed by atoms with Gasteiger partial charge in [-0.15, -0.1) is 24.0 Å². The molecular formula is C18H31IN4O2. The average molecular weight is 462 g/mol. The fraction of sp³-hybridized carbons (Fsp3) is 0.611. The van der Waals surface area contributed by atoms with Gasteiger partial charge in [-0.3, -0.25) is 0 Å². The van der Waals surface area contributed by atoms with E-state index in [4.69, 9.17) is 9.47 Å². The molecule has 0 fully saturated rings. The molecule has 1 aromatic rings. The van der Waals surface area contributed by atoms with Crippen molar-refractivity contribution in [2.24, 2.45) is 4.99 Å². The van der Waals surface area contributed by atoms with E-state index in [9.17, 15) is 0 Å². The van der Waals surface area contributed by atoms with Crippen molar-refractivity contribution in [3.63, 3.8) is 0 Å². The summed E-state index contributed by atoms with van der Waals surface area (Å²) in [6, 6.07) is 7.73. The highest BCUT2D eigenvalue weighted by Crippen LogP contribution is 2.30. The van der Waals surface area contributed by atoms with Crippen molar-refractivity contribution in [3.8, 4) is 11.5 Å². The van der Waals surface area contributed by atoms with Crippen molar-refractivity contribution in [1.29, 1.82) is 0 Å². The molecule has 0 aliphatic carbocycles. The molecule has 25 heavy (non-hydrogen) atoms. The molecule has 0 spiro atoms. The quantitative estimate of drug-likeness (QED) is 0.262. The maximum atomic E-state index is 5.93. The number of guanidine groups is 1. The highest BCUT2D eigenvalue weighted by Gasteiger charge is 2.20. The van der Waals surface area contributed by atoms with Crippen LogP contribution in [0.5, 0.6) is 11.5 Å². The first-order chi connectivity index (χ1) is 11.5.